The average Bonchev–Trinajstić information content (AvgIpc) is 3.21. The lowest BCUT2D eigenvalue weighted by atomic mass is 10.2. The highest BCUT2D eigenvalue weighted by Crippen LogP contribution is 2.24. The normalized spacial score (nSPS) is 16.0. The Labute approximate surface area is 162 Å². The van der Waals surface area contributed by atoms with Crippen LogP contribution in [-0.2, 0) is 9.47 Å². The van der Waals surface area contributed by atoms with Gasteiger partial charge < -0.3 is 20.1 Å². The third kappa shape index (κ3) is 4.96. The van der Waals surface area contributed by atoms with Gasteiger partial charge in [-0.1, -0.05) is 11.6 Å². The number of rotatable bonds is 6. The van der Waals surface area contributed by atoms with Crippen molar-refractivity contribution >= 4 is 35.0 Å². The van der Waals surface area contributed by atoms with Crippen molar-refractivity contribution in [3.05, 3.63) is 52.7 Å². The fourth-order valence-corrected chi connectivity index (χ4v) is 2.88. The summed E-state index contributed by atoms with van der Waals surface area (Å²) in [6.07, 6.45) is 3.81. The Morgan fingerprint density at radius 2 is 2.11 bits per heavy atom. The molecule has 1 saturated heterocycles. The number of benzene rings is 1. The molecule has 8 heteroatoms. The van der Waals surface area contributed by atoms with Crippen LogP contribution in [0.2, 0.25) is 5.02 Å². The van der Waals surface area contributed by atoms with Gasteiger partial charge in [0.2, 0.25) is 0 Å². The largest absolute Gasteiger partial charge is 0.465 e. The molecule has 27 heavy (non-hydrogen) atoms. The number of carbonyl (C=O) groups is 2. The Bertz CT molecular complexity index is 820. The highest BCUT2D eigenvalue weighted by molar-refractivity contribution is 6.34. The Balaban J connectivity index is 1.63. The number of ether oxygens (including phenoxy) is 2. The minimum atomic E-state index is -0.509. The van der Waals surface area contributed by atoms with E-state index in [0.29, 0.717) is 34.2 Å². The molecule has 3 rings (SSSR count). The predicted molar refractivity (Wildman–Crippen MR) is 102 cm³/mol. The molecular formula is C19H20ClN3O4. The van der Waals surface area contributed by atoms with E-state index in [4.69, 9.17) is 16.3 Å². The third-order valence-corrected chi connectivity index (χ3v) is 4.53. The molecule has 2 aromatic rings. The predicted octanol–water partition coefficient (Wildman–Crippen LogP) is 3.36. The second-order valence-corrected chi connectivity index (χ2v) is 6.50. The molecule has 142 valence electrons. The van der Waals surface area contributed by atoms with Crippen LogP contribution in [-0.4, -0.2) is 43.2 Å². The molecule has 1 aliphatic rings. The van der Waals surface area contributed by atoms with Gasteiger partial charge in [-0.05, 0) is 43.2 Å². The Hall–Kier alpha value is -2.64. The summed E-state index contributed by atoms with van der Waals surface area (Å²) in [4.78, 5) is 28.3. The first-order valence-corrected chi connectivity index (χ1v) is 8.95. The average molecular weight is 390 g/mol. The first kappa shape index (κ1) is 19.1. The van der Waals surface area contributed by atoms with Crippen LogP contribution < -0.4 is 10.6 Å². The summed E-state index contributed by atoms with van der Waals surface area (Å²) in [7, 11) is 1.29. The van der Waals surface area contributed by atoms with E-state index in [1.807, 2.05) is 0 Å². The maximum absolute atomic E-state index is 12.4. The number of amides is 1. The fourth-order valence-electron chi connectivity index (χ4n) is 2.72. The molecule has 1 unspecified atom stereocenters. The van der Waals surface area contributed by atoms with Crippen LogP contribution in [0.4, 0.5) is 11.5 Å². The quantitative estimate of drug-likeness (QED) is 0.736. The van der Waals surface area contributed by atoms with Crippen LogP contribution >= 0.6 is 11.6 Å². The summed E-state index contributed by atoms with van der Waals surface area (Å²) in [5, 5.41) is 6.20. The van der Waals surface area contributed by atoms with E-state index in [2.05, 4.69) is 20.4 Å². The van der Waals surface area contributed by atoms with Crippen molar-refractivity contribution < 1.29 is 19.1 Å². The van der Waals surface area contributed by atoms with Gasteiger partial charge in [0.15, 0.2) is 0 Å². The zero-order chi connectivity index (χ0) is 19.2. The van der Waals surface area contributed by atoms with E-state index in [-0.39, 0.29) is 12.0 Å². The second kappa shape index (κ2) is 8.83. The summed E-state index contributed by atoms with van der Waals surface area (Å²) in [5.41, 5.74) is 0.992. The molecule has 0 bridgehead atoms. The van der Waals surface area contributed by atoms with Crippen molar-refractivity contribution in [2.45, 2.75) is 18.9 Å². The van der Waals surface area contributed by atoms with Crippen molar-refractivity contribution in [3.63, 3.8) is 0 Å². The van der Waals surface area contributed by atoms with E-state index in [9.17, 15) is 9.59 Å². The summed E-state index contributed by atoms with van der Waals surface area (Å²) >= 11 is 6.10. The number of hydrogen-bond donors (Lipinski definition) is 2. The number of methoxy groups -OCH3 is 1. The van der Waals surface area contributed by atoms with E-state index < -0.39 is 5.97 Å². The molecule has 0 radical (unpaired) electrons. The minimum Gasteiger partial charge on any atom is -0.465 e. The smallest absolute Gasteiger partial charge is 0.337 e. The van der Waals surface area contributed by atoms with Gasteiger partial charge in [-0.15, -0.1) is 0 Å². The van der Waals surface area contributed by atoms with Gasteiger partial charge in [0.05, 0.1) is 35.1 Å². The number of halogens is 1. The third-order valence-electron chi connectivity index (χ3n) is 4.20. The molecule has 1 amide bonds. The van der Waals surface area contributed by atoms with Gasteiger partial charge in [0, 0.05) is 19.3 Å². The summed E-state index contributed by atoms with van der Waals surface area (Å²) in [6.45, 7) is 1.49. The topological polar surface area (TPSA) is 89.5 Å². The number of nitrogens with one attached hydrogen (secondary N) is 2. The Kier molecular flexibility index (Phi) is 6.26. The molecular weight excluding hydrogens is 370 g/mol. The van der Waals surface area contributed by atoms with E-state index in [0.717, 1.165) is 19.4 Å². The number of esters is 1. The lowest BCUT2D eigenvalue weighted by Gasteiger charge is -2.12. The van der Waals surface area contributed by atoms with Gasteiger partial charge >= 0.3 is 5.97 Å². The second-order valence-electron chi connectivity index (χ2n) is 6.09. The van der Waals surface area contributed by atoms with Gasteiger partial charge in [-0.3, -0.25) is 4.79 Å². The lowest BCUT2D eigenvalue weighted by molar-refractivity contribution is 0.0600. The summed E-state index contributed by atoms with van der Waals surface area (Å²) < 4.78 is 10.2. The molecule has 7 nitrogen and oxygen atoms in total. The maximum Gasteiger partial charge on any atom is 0.337 e. The summed E-state index contributed by atoms with van der Waals surface area (Å²) in [6, 6.07) is 7.92. The molecule has 2 N–H and O–H groups in total. The molecule has 0 saturated carbocycles. The number of nitrogens with zero attached hydrogens (tertiary/aromatic N) is 1. The lowest BCUT2D eigenvalue weighted by Crippen LogP contribution is -2.19. The molecule has 1 fully saturated rings. The first-order valence-electron chi connectivity index (χ1n) is 8.57. The molecule has 2 heterocycles. The Morgan fingerprint density at radius 1 is 1.30 bits per heavy atom. The number of anilines is 2. The van der Waals surface area contributed by atoms with Gasteiger partial charge in [0.1, 0.15) is 5.82 Å². The van der Waals surface area contributed by atoms with Crippen LogP contribution in [0, 0.1) is 0 Å². The van der Waals surface area contributed by atoms with E-state index in [1.165, 1.54) is 31.5 Å². The van der Waals surface area contributed by atoms with Gasteiger partial charge in [-0.2, -0.15) is 0 Å². The van der Waals surface area contributed by atoms with Crippen LogP contribution in [0.15, 0.2) is 36.5 Å². The van der Waals surface area contributed by atoms with Crippen LogP contribution in [0.1, 0.15) is 33.6 Å². The highest BCUT2D eigenvalue weighted by atomic mass is 35.5. The monoisotopic (exact) mass is 389 g/mol. The number of hydrogen-bond acceptors (Lipinski definition) is 6. The molecule has 1 aromatic heterocycles. The van der Waals surface area contributed by atoms with Crippen molar-refractivity contribution in [2.75, 3.05) is 30.9 Å². The van der Waals surface area contributed by atoms with Crippen molar-refractivity contribution in [3.8, 4) is 0 Å². The zero-order valence-corrected chi connectivity index (χ0v) is 15.6. The summed E-state index contributed by atoms with van der Waals surface area (Å²) in [5.74, 6) is -0.213. The SMILES string of the molecule is COC(=O)c1ccc(Cl)c(NC(=O)c2ccc(NCC3CCCO3)nc2)c1. The highest BCUT2D eigenvalue weighted by Gasteiger charge is 2.16. The van der Waals surface area contributed by atoms with Gasteiger partial charge in [0.25, 0.3) is 5.91 Å². The molecule has 1 aromatic carbocycles. The number of pyridine rings is 1. The fraction of sp³-hybridized carbons (Fsp3) is 0.316. The number of carbonyl (C=O) groups excluding carboxylic acids is 2. The molecule has 1 atom stereocenters. The van der Waals surface area contributed by atoms with Crippen molar-refractivity contribution in [1.29, 1.82) is 0 Å². The zero-order valence-electron chi connectivity index (χ0n) is 14.8. The molecule has 0 spiro atoms. The minimum absolute atomic E-state index is 0.207. The molecule has 0 aliphatic carbocycles. The van der Waals surface area contributed by atoms with E-state index >= 15 is 0 Å². The van der Waals surface area contributed by atoms with Gasteiger partial charge in [-0.25, -0.2) is 9.78 Å². The maximum atomic E-state index is 12.4. The first-order chi connectivity index (χ1) is 13.1. The van der Waals surface area contributed by atoms with Crippen LogP contribution in [0.25, 0.3) is 0 Å². The van der Waals surface area contributed by atoms with Crippen LogP contribution in [0.3, 0.4) is 0 Å². The number of aromatic nitrogens is 1. The standard InChI is InChI=1S/C19H20ClN3O4/c1-26-19(25)12-4-6-15(20)16(9-12)23-18(24)13-5-7-17(21-10-13)22-11-14-3-2-8-27-14/h4-7,9-10,14H,2-3,8,11H2,1H3,(H,21,22)(H,23,24). The van der Waals surface area contributed by atoms with Crippen molar-refractivity contribution in [1.82, 2.24) is 4.98 Å². The van der Waals surface area contributed by atoms with E-state index in [1.54, 1.807) is 12.1 Å². The van der Waals surface area contributed by atoms with Crippen LogP contribution in [0.5, 0.6) is 0 Å². The van der Waals surface area contributed by atoms with Crippen molar-refractivity contribution in [2.24, 2.45) is 0 Å². The Morgan fingerprint density at radius 3 is 2.78 bits per heavy atom. The molecule has 1 aliphatic heterocycles.